The smallest absolute Gasteiger partial charge is 0.253 e. The number of phenolic OH excluding ortho intramolecular Hbond substituents is 1. The van der Waals surface area contributed by atoms with Crippen LogP contribution in [0.3, 0.4) is 0 Å². The summed E-state index contributed by atoms with van der Waals surface area (Å²) >= 11 is 8.61. The number of benzene rings is 1. The van der Waals surface area contributed by atoms with Gasteiger partial charge in [0.1, 0.15) is 10.1 Å². The van der Waals surface area contributed by atoms with E-state index >= 15 is 0 Å². The molecule has 8 heteroatoms. The van der Waals surface area contributed by atoms with Crippen LogP contribution in [-0.4, -0.2) is 49.8 Å². The molecule has 1 atom stereocenters. The molecule has 3 heterocycles. The fraction of sp³-hybridized carbons (Fsp3) is 0.381. The van der Waals surface area contributed by atoms with Crippen LogP contribution in [0.1, 0.15) is 42.2 Å². The first-order valence-electron chi connectivity index (χ1n) is 9.76. The number of nitrogens with zero attached hydrogens (tertiary/aromatic N) is 3. The number of likely N-dealkylation sites (tertiary alicyclic amines) is 1. The van der Waals surface area contributed by atoms with E-state index in [2.05, 4.69) is 10.0 Å². The zero-order valence-corrected chi connectivity index (χ0v) is 18.4. The van der Waals surface area contributed by atoms with Gasteiger partial charge in [-0.15, -0.1) is 11.3 Å². The van der Waals surface area contributed by atoms with E-state index in [1.165, 1.54) is 18.2 Å². The van der Waals surface area contributed by atoms with Crippen molar-refractivity contribution in [3.05, 3.63) is 52.2 Å². The molecule has 0 aliphatic carbocycles. The Balaban J connectivity index is 1.48. The lowest BCUT2D eigenvalue weighted by atomic mass is 10.0. The first kappa shape index (κ1) is 20.4. The summed E-state index contributed by atoms with van der Waals surface area (Å²) in [6, 6.07) is 10.9. The van der Waals surface area contributed by atoms with Crippen molar-refractivity contribution >= 4 is 51.3 Å². The number of amides is 1. The fourth-order valence-electron chi connectivity index (χ4n) is 3.65. The zero-order chi connectivity index (χ0) is 20.2. The third-order valence-electron chi connectivity index (χ3n) is 5.18. The maximum atomic E-state index is 13.1. The monoisotopic (exact) mass is 445 g/mol. The van der Waals surface area contributed by atoms with Gasteiger partial charge in [0.05, 0.1) is 22.4 Å². The Morgan fingerprint density at radius 3 is 2.66 bits per heavy atom. The highest BCUT2D eigenvalue weighted by atomic mass is 32.2. The highest BCUT2D eigenvalue weighted by Gasteiger charge is 2.33. The number of aromatic hydroxyl groups is 1. The molecule has 29 heavy (non-hydrogen) atoms. The third kappa shape index (κ3) is 4.82. The van der Waals surface area contributed by atoms with Crippen LogP contribution in [0.5, 0.6) is 5.75 Å². The Bertz CT molecular complexity index is 890. The lowest BCUT2D eigenvalue weighted by molar-refractivity contribution is -0.130. The number of phenols is 1. The van der Waals surface area contributed by atoms with Crippen LogP contribution in [0, 0.1) is 0 Å². The van der Waals surface area contributed by atoms with Crippen LogP contribution in [0.4, 0.5) is 0 Å². The van der Waals surface area contributed by atoms with Crippen LogP contribution in [0.2, 0.25) is 0 Å². The third-order valence-corrected chi connectivity index (χ3v) is 7.61. The topological polar surface area (TPSA) is 56.1 Å². The summed E-state index contributed by atoms with van der Waals surface area (Å²) in [7, 11) is 0. The summed E-state index contributed by atoms with van der Waals surface area (Å²) in [6.45, 7) is 1.97. The zero-order valence-electron chi connectivity index (χ0n) is 16.0. The van der Waals surface area contributed by atoms with Gasteiger partial charge in [-0.05, 0) is 48.4 Å². The Morgan fingerprint density at radius 1 is 1.21 bits per heavy atom. The first-order valence-corrected chi connectivity index (χ1v) is 12.0. The van der Waals surface area contributed by atoms with Crippen molar-refractivity contribution in [2.75, 3.05) is 18.8 Å². The maximum absolute atomic E-state index is 13.1. The molecule has 1 amide bonds. The lowest BCUT2D eigenvalue weighted by Crippen LogP contribution is -2.34. The summed E-state index contributed by atoms with van der Waals surface area (Å²) in [5.74, 6) is 0.455. The molecular formula is C21H23N3O2S3. The summed E-state index contributed by atoms with van der Waals surface area (Å²) in [5, 5.41) is 17.9. The van der Waals surface area contributed by atoms with Crippen molar-refractivity contribution in [2.45, 2.75) is 31.7 Å². The molecule has 152 valence electrons. The largest absolute Gasteiger partial charge is 0.508 e. The molecule has 0 spiro atoms. The van der Waals surface area contributed by atoms with Crippen LogP contribution >= 0.6 is 35.3 Å². The number of carbonyl (C=O) groups excluding carboxylic acids is 1. The van der Waals surface area contributed by atoms with Gasteiger partial charge in [0.15, 0.2) is 0 Å². The molecule has 1 unspecified atom stereocenters. The normalized spacial score (nSPS) is 19.3. The van der Waals surface area contributed by atoms with Gasteiger partial charge < -0.3 is 10.0 Å². The van der Waals surface area contributed by atoms with Crippen molar-refractivity contribution in [3.8, 4) is 5.75 Å². The molecule has 1 fully saturated rings. The van der Waals surface area contributed by atoms with E-state index in [0.29, 0.717) is 6.42 Å². The second-order valence-electron chi connectivity index (χ2n) is 7.18. The molecule has 1 aromatic heterocycles. The molecule has 5 nitrogen and oxygen atoms in total. The molecule has 1 aromatic carbocycles. The van der Waals surface area contributed by atoms with Crippen molar-refractivity contribution in [1.29, 1.82) is 0 Å². The Morgan fingerprint density at radius 2 is 1.97 bits per heavy atom. The summed E-state index contributed by atoms with van der Waals surface area (Å²) in [6.07, 6.45) is 4.25. The number of hydrogen-bond donors (Lipinski definition) is 1. The van der Waals surface area contributed by atoms with Gasteiger partial charge in [-0.2, -0.15) is 5.10 Å². The molecule has 1 saturated heterocycles. The van der Waals surface area contributed by atoms with Gasteiger partial charge in [-0.3, -0.25) is 4.79 Å². The maximum Gasteiger partial charge on any atom is 0.253 e. The molecule has 1 N–H and O–H groups in total. The highest BCUT2D eigenvalue weighted by molar-refractivity contribution is 8.23. The average molecular weight is 446 g/mol. The standard InChI is InChI=1S/C21H23N3O2S3/c25-16-8-6-15(7-9-16)18-13-17(19-5-4-12-28-19)22-24(18)20(26)14-29-21(27)23-10-2-1-3-11-23/h4-9,12,18,25H,1-3,10-11,13-14H2. The van der Waals surface area contributed by atoms with Gasteiger partial charge in [0, 0.05) is 19.5 Å². The van der Waals surface area contributed by atoms with Crippen LogP contribution in [-0.2, 0) is 4.79 Å². The van der Waals surface area contributed by atoms with E-state index in [-0.39, 0.29) is 23.5 Å². The quantitative estimate of drug-likeness (QED) is 0.695. The minimum absolute atomic E-state index is 0.0426. The van der Waals surface area contributed by atoms with Crippen LogP contribution in [0.15, 0.2) is 46.9 Å². The van der Waals surface area contributed by atoms with Crippen molar-refractivity contribution in [1.82, 2.24) is 9.91 Å². The predicted octanol–water partition coefficient (Wildman–Crippen LogP) is 4.64. The molecule has 2 aromatic rings. The van der Waals surface area contributed by atoms with E-state index in [9.17, 15) is 9.90 Å². The van der Waals surface area contributed by atoms with Crippen molar-refractivity contribution in [3.63, 3.8) is 0 Å². The summed E-state index contributed by atoms with van der Waals surface area (Å²) in [5.41, 5.74) is 1.89. The Labute approximate surface area is 184 Å². The number of piperidine rings is 1. The number of hydrogen-bond acceptors (Lipinski definition) is 6. The molecule has 0 bridgehead atoms. The van der Waals surface area contributed by atoms with Crippen molar-refractivity contribution in [2.24, 2.45) is 5.10 Å². The fourth-order valence-corrected chi connectivity index (χ4v) is 5.47. The number of thiocarbonyl (C=S) groups is 1. The molecule has 4 rings (SSSR count). The number of rotatable bonds is 4. The van der Waals surface area contributed by atoms with E-state index in [0.717, 1.165) is 46.4 Å². The number of thioether (sulfide) groups is 1. The minimum Gasteiger partial charge on any atom is -0.508 e. The lowest BCUT2D eigenvalue weighted by Gasteiger charge is -2.29. The number of hydrazone groups is 1. The van der Waals surface area contributed by atoms with Gasteiger partial charge in [-0.1, -0.05) is 42.2 Å². The van der Waals surface area contributed by atoms with E-state index in [1.807, 2.05) is 29.6 Å². The first-order chi connectivity index (χ1) is 14.1. The molecule has 2 aliphatic heterocycles. The summed E-state index contributed by atoms with van der Waals surface area (Å²) in [4.78, 5) is 16.4. The van der Waals surface area contributed by atoms with Crippen molar-refractivity contribution < 1.29 is 9.90 Å². The van der Waals surface area contributed by atoms with E-state index in [4.69, 9.17) is 12.2 Å². The predicted molar refractivity (Wildman–Crippen MR) is 124 cm³/mol. The summed E-state index contributed by atoms with van der Waals surface area (Å²) < 4.78 is 0.806. The van der Waals surface area contributed by atoms with Crippen LogP contribution in [0.25, 0.3) is 0 Å². The highest BCUT2D eigenvalue weighted by Crippen LogP contribution is 2.35. The van der Waals surface area contributed by atoms with E-state index in [1.54, 1.807) is 28.5 Å². The number of carbonyl (C=O) groups is 1. The Kier molecular flexibility index (Phi) is 6.52. The van der Waals surface area contributed by atoms with Crippen LogP contribution < -0.4 is 0 Å². The second-order valence-corrected chi connectivity index (χ2v) is 9.73. The van der Waals surface area contributed by atoms with E-state index < -0.39 is 0 Å². The van der Waals surface area contributed by atoms with Gasteiger partial charge in [0.25, 0.3) is 5.91 Å². The minimum atomic E-state index is -0.163. The average Bonchev–Trinajstić information content (AvgIpc) is 3.43. The molecular weight excluding hydrogens is 422 g/mol. The second kappa shape index (κ2) is 9.28. The molecule has 0 radical (unpaired) electrons. The van der Waals surface area contributed by atoms with Gasteiger partial charge in [-0.25, -0.2) is 5.01 Å². The Hall–Kier alpha value is -1.90. The number of thiophene rings is 1. The SMILES string of the molecule is O=C(CSC(=S)N1CCCCC1)N1N=C(c2cccs2)CC1c1ccc(O)cc1. The van der Waals surface area contributed by atoms with Gasteiger partial charge >= 0.3 is 0 Å². The molecule has 2 aliphatic rings. The molecule has 0 saturated carbocycles. The van der Waals surface area contributed by atoms with Gasteiger partial charge in [0.2, 0.25) is 0 Å².